The molecular weight excluding hydrogens is 481 g/mol. The molecule has 0 bridgehead atoms. The van der Waals surface area contributed by atoms with Crippen molar-refractivity contribution in [2.75, 3.05) is 48.3 Å². The molecule has 0 aromatic heterocycles. The van der Waals surface area contributed by atoms with Crippen LogP contribution in [0.15, 0.2) is 72.8 Å². The number of carbonyl (C=O) groups is 2. The molecule has 1 fully saturated rings. The van der Waals surface area contributed by atoms with Crippen LogP contribution in [0, 0.1) is 5.82 Å². The van der Waals surface area contributed by atoms with Crippen LogP contribution in [0.5, 0.6) is 0 Å². The number of hydrogen-bond donors (Lipinski definition) is 3. The lowest BCUT2D eigenvalue weighted by Crippen LogP contribution is -2.49. The Labute approximate surface area is 222 Å². The van der Waals surface area contributed by atoms with Crippen molar-refractivity contribution in [3.05, 3.63) is 89.7 Å². The molecule has 7 nitrogen and oxygen atoms in total. The van der Waals surface area contributed by atoms with E-state index in [9.17, 15) is 14.0 Å². The molecule has 5 rings (SSSR count). The minimum Gasteiger partial charge on any atom is -0.354 e. The topological polar surface area (TPSA) is 76.7 Å². The van der Waals surface area contributed by atoms with Gasteiger partial charge in [-0.2, -0.15) is 0 Å². The first kappa shape index (κ1) is 25.6. The molecule has 2 heterocycles. The van der Waals surface area contributed by atoms with Gasteiger partial charge in [-0.05, 0) is 61.9 Å². The molecule has 3 aromatic carbocycles. The highest BCUT2D eigenvalue weighted by atomic mass is 19.1. The van der Waals surface area contributed by atoms with Crippen LogP contribution in [-0.4, -0.2) is 55.5 Å². The normalized spacial score (nSPS) is 16.7. The van der Waals surface area contributed by atoms with Gasteiger partial charge in [0.2, 0.25) is 5.91 Å². The fourth-order valence-electron chi connectivity index (χ4n) is 4.99. The summed E-state index contributed by atoms with van der Waals surface area (Å²) in [6.07, 6.45) is 0. The highest BCUT2D eigenvalue weighted by Crippen LogP contribution is 2.38. The third-order valence-corrected chi connectivity index (χ3v) is 6.81. The highest BCUT2D eigenvalue weighted by molar-refractivity contribution is 6.37. The number of piperazine rings is 1. The van der Waals surface area contributed by atoms with E-state index in [0.29, 0.717) is 29.1 Å². The number of carbonyl (C=O) groups excluding carboxylic acids is 2. The summed E-state index contributed by atoms with van der Waals surface area (Å²) in [4.78, 5) is 30.3. The fraction of sp³-hybridized carbons (Fsp3) is 0.267. The van der Waals surface area contributed by atoms with Crippen molar-refractivity contribution in [1.82, 2.24) is 10.2 Å². The minimum atomic E-state index is -0.406. The Morgan fingerprint density at radius 1 is 1.03 bits per heavy atom. The molecule has 196 valence electrons. The first-order valence-corrected chi connectivity index (χ1v) is 12.9. The first-order chi connectivity index (χ1) is 18.4. The van der Waals surface area contributed by atoms with Crippen molar-refractivity contribution in [1.29, 1.82) is 0 Å². The van der Waals surface area contributed by atoms with E-state index in [-0.39, 0.29) is 17.9 Å². The Kier molecular flexibility index (Phi) is 7.53. The molecule has 0 atom stereocenters. The van der Waals surface area contributed by atoms with Crippen LogP contribution in [0.1, 0.15) is 25.0 Å². The molecule has 3 N–H and O–H groups in total. The lowest BCUT2D eigenvalue weighted by Gasteiger charge is -2.32. The Bertz CT molecular complexity index is 1350. The van der Waals surface area contributed by atoms with E-state index in [1.165, 1.54) is 12.1 Å². The molecule has 8 heteroatoms. The smallest absolute Gasteiger partial charge is 0.258 e. The lowest BCUT2D eigenvalue weighted by atomic mass is 10.00. The number of nitrogens with zero attached hydrogens (tertiary/aromatic N) is 2. The Morgan fingerprint density at radius 2 is 1.74 bits per heavy atom. The molecule has 2 aliphatic heterocycles. The SMILES string of the molecule is CC(C)N(C(=O)CN1CCNCC1)c1ccc(NC(=C2C(=O)Nc3cc(F)ccc32)c2ccccc2)cc1. The number of hydrogen-bond acceptors (Lipinski definition) is 5. The quantitative estimate of drug-likeness (QED) is 0.408. The second-order valence-corrected chi connectivity index (χ2v) is 9.82. The molecule has 0 spiro atoms. The van der Waals surface area contributed by atoms with Gasteiger partial charge in [-0.15, -0.1) is 0 Å². The van der Waals surface area contributed by atoms with Crippen LogP contribution in [0.25, 0.3) is 11.3 Å². The largest absolute Gasteiger partial charge is 0.354 e. The van der Waals surface area contributed by atoms with E-state index in [4.69, 9.17) is 0 Å². The van der Waals surface area contributed by atoms with Crippen molar-refractivity contribution in [3.8, 4) is 0 Å². The molecule has 2 aliphatic rings. The molecule has 38 heavy (non-hydrogen) atoms. The van der Waals surface area contributed by atoms with Crippen molar-refractivity contribution in [2.45, 2.75) is 19.9 Å². The average molecular weight is 514 g/mol. The second-order valence-electron chi connectivity index (χ2n) is 9.82. The zero-order chi connectivity index (χ0) is 26.6. The standard InChI is InChI=1S/C30H32FN5O2/c1-20(2)36(27(37)19-35-16-14-32-15-17-35)24-11-9-23(10-12-24)33-29(21-6-4-3-5-7-21)28-25-13-8-22(31)18-26(25)34-30(28)38/h3-13,18,20,32-33H,14-17,19H2,1-2H3,(H,34,38). The summed E-state index contributed by atoms with van der Waals surface area (Å²) in [5.41, 5.74) is 4.58. The van der Waals surface area contributed by atoms with E-state index >= 15 is 0 Å². The van der Waals surface area contributed by atoms with Crippen LogP contribution < -0.4 is 20.9 Å². The summed E-state index contributed by atoms with van der Waals surface area (Å²) >= 11 is 0. The van der Waals surface area contributed by atoms with Gasteiger partial charge in [0, 0.05) is 49.2 Å². The minimum absolute atomic E-state index is 0.00491. The average Bonchev–Trinajstić information content (AvgIpc) is 3.23. The summed E-state index contributed by atoms with van der Waals surface area (Å²) in [6.45, 7) is 7.93. The predicted molar refractivity (Wildman–Crippen MR) is 150 cm³/mol. The Hall–Kier alpha value is -4.01. The summed E-state index contributed by atoms with van der Waals surface area (Å²) in [6, 6.07) is 21.5. The van der Waals surface area contributed by atoms with Gasteiger partial charge in [0.15, 0.2) is 0 Å². The van der Waals surface area contributed by atoms with Gasteiger partial charge >= 0.3 is 0 Å². The monoisotopic (exact) mass is 513 g/mol. The molecule has 0 saturated carbocycles. The van der Waals surface area contributed by atoms with Gasteiger partial charge in [-0.1, -0.05) is 30.3 Å². The van der Waals surface area contributed by atoms with Gasteiger partial charge in [0.25, 0.3) is 5.91 Å². The molecule has 3 aromatic rings. The fourth-order valence-corrected chi connectivity index (χ4v) is 4.99. The van der Waals surface area contributed by atoms with Crippen LogP contribution in [0.2, 0.25) is 0 Å². The van der Waals surface area contributed by atoms with Gasteiger partial charge in [-0.3, -0.25) is 14.5 Å². The van der Waals surface area contributed by atoms with E-state index in [1.807, 2.05) is 73.3 Å². The van der Waals surface area contributed by atoms with Crippen LogP contribution in [-0.2, 0) is 9.59 Å². The predicted octanol–water partition coefficient (Wildman–Crippen LogP) is 4.40. The first-order valence-electron chi connectivity index (χ1n) is 12.9. The Balaban J connectivity index is 1.44. The number of benzene rings is 3. The van der Waals surface area contributed by atoms with E-state index in [1.54, 1.807) is 6.07 Å². The summed E-state index contributed by atoms with van der Waals surface area (Å²) in [5, 5.41) is 9.51. The summed E-state index contributed by atoms with van der Waals surface area (Å²) < 4.78 is 13.8. The molecular formula is C30H32FN5O2. The van der Waals surface area contributed by atoms with E-state index in [2.05, 4.69) is 20.9 Å². The number of rotatable bonds is 7. The number of halogens is 1. The zero-order valence-corrected chi connectivity index (χ0v) is 21.6. The summed E-state index contributed by atoms with van der Waals surface area (Å²) in [5.74, 6) is -0.629. The molecule has 2 amide bonds. The lowest BCUT2D eigenvalue weighted by molar-refractivity contribution is -0.120. The van der Waals surface area contributed by atoms with Gasteiger partial charge in [0.1, 0.15) is 5.82 Å². The number of nitrogens with one attached hydrogen (secondary N) is 3. The van der Waals surface area contributed by atoms with Crippen LogP contribution in [0.4, 0.5) is 21.5 Å². The van der Waals surface area contributed by atoms with E-state index in [0.717, 1.165) is 43.1 Å². The number of anilines is 3. The van der Waals surface area contributed by atoms with Gasteiger partial charge in [-0.25, -0.2) is 4.39 Å². The van der Waals surface area contributed by atoms with E-state index < -0.39 is 5.82 Å². The van der Waals surface area contributed by atoms with Crippen LogP contribution in [0.3, 0.4) is 0 Å². The van der Waals surface area contributed by atoms with Gasteiger partial charge < -0.3 is 20.9 Å². The molecule has 1 saturated heterocycles. The second kappa shape index (κ2) is 11.2. The maximum Gasteiger partial charge on any atom is 0.258 e. The maximum absolute atomic E-state index is 13.8. The third kappa shape index (κ3) is 5.46. The van der Waals surface area contributed by atoms with Gasteiger partial charge in [0.05, 0.1) is 23.5 Å². The Morgan fingerprint density at radius 3 is 2.42 bits per heavy atom. The van der Waals surface area contributed by atoms with Crippen LogP contribution >= 0.6 is 0 Å². The maximum atomic E-state index is 13.8. The van der Waals surface area contributed by atoms with Crippen molar-refractivity contribution in [2.24, 2.45) is 0 Å². The molecule has 0 radical (unpaired) electrons. The van der Waals surface area contributed by atoms with Crippen molar-refractivity contribution < 1.29 is 14.0 Å². The molecule has 0 unspecified atom stereocenters. The highest BCUT2D eigenvalue weighted by Gasteiger charge is 2.29. The van der Waals surface area contributed by atoms with Crippen molar-refractivity contribution >= 4 is 40.1 Å². The zero-order valence-electron chi connectivity index (χ0n) is 21.6. The molecule has 0 aliphatic carbocycles. The summed E-state index contributed by atoms with van der Waals surface area (Å²) in [7, 11) is 0. The number of fused-ring (bicyclic) bond motifs is 1. The number of amides is 2. The van der Waals surface area contributed by atoms with Crippen molar-refractivity contribution in [3.63, 3.8) is 0 Å². The third-order valence-electron chi connectivity index (χ3n) is 6.81.